The Labute approximate surface area is 136 Å². The van der Waals surface area contributed by atoms with Crippen LogP contribution in [-0.4, -0.2) is 23.3 Å². The normalized spacial score (nSPS) is 14.4. The number of halogens is 1. The van der Waals surface area contributed by atoms with Crippen molar-refractivity contribution >= 4 is 45.6 Å². The predicted octanol–water partition coefficient (Wildman–Crippen LogP) is 3.10. The quantitative estimate of drug-likeness (QED) is 0.933. The Morgan fingerprint density at radius 3 is 2.82 bits per heavy atom. The van der Waals surface area contributed by atoms with Gasteiger partial charge in [-0.05, 0) is 30.7 Å². The van der Waals surface area contributed by atoms with Crippen molar-refractivity contribution < 1.29 is 9.59 Å². The van der Waals surface area contributed by atoms with Gasteiger partial charge in [0.1, 0.15) is 0 Å². The van der Waals surface area contributed by atoms with Crippen LogP contribution in [0.4, 0.5) is 10.8 Å². The Kier molecular flexibility index (Phi) is 4.40. The lowest BCUT2D eigenvalue weighted by molar-refractivity contribution is -0.117. The molecule has 22 heavy (non-hydrogen) atoms. The van der Waals surface area contributed by atoms with E-state index in [2.05, 4.69) is 10.3 Å². The number of rotatable bonds is 4. The minimum atomic E-state index is -0.146. The number of carbonyl (C=O) groups is 2. The van der Waals surface area contributed by atoms with Crippen LogP contribution in [0.2, 0.25) is 5.02 Å². The molecule has 0 bridgehead atoms. The lowest BCUT2D eigenvalue weighted by atomic mass is 10.3. The molecule has 1 fully saturated rings. The monoisotopic (exact) mass is 335 g/mol. The molecule has 0 spiro atoms. The van der Waals surface area contributed by atoms with Crippen LogP contribution >= 0.6 is 22.9 Å². The first-order chi connectivity index (χ1) is 10.6. The molecule has 1 aliphatic heterocycles. The van der Waals surface area contributed by atoms with Gasteiger partial charge >= 0.3 is 0 Å². The summed E-state index contributed by atoms with van der Waals surface area (Å²) in [7, 11) is 0. The molecule has 1 aromatic heterocycles. The largest absolute Gasteiger partial charge is 0.326 e. The molecule has 0 aliphatic carbocycles. The fraction of sp³-hybridized carbons (Fsp3) is 0.267. The van der Waals surface area contributed by atoms with Crippen LogP contribution in [0.1, 0.15) is 18.5 Å². The molecule has 1 aliphatic rings. The highest BCUT2D eigenvalue weighted by atomic mass is 35.5. The maximum Gasteiger partial charge on any atom is 0.230 e. The van der Waals surface area contributed by atoms with Crippen LogP contribution in [0.25, 0.3) is 0 Å². The number of anilines is 2. The van der Waals surface area contributed by atoms with Crippen molar-refractivity contribution in [2.45, 2.75) is 19.3 Å². The zero-order valence-corrected chi connectivity index (χ0v) is 13.3. The van der Waals surface area contributed by atoms with Crippen molar-refractivity contribution in [2.24, 2.45) is 0 Å². The van der Waals surface area contributed by atoms with Crippen molar-refractivity contribution in [1.29, 1.82) is 0 Å². The van der Waals surface area contributed by atoms with Gasteiger partial charge in [-0.3, -0.25) is 14.5 Å². The second kappa shape index (κ2) is 6.46. The van der Waals surface area contributed by atoms with Crippen LogP contribution in [0, 0.1) is 0 Å². The molecule has 2 aromatic rings. The van der Waals surface area contributed by atoms with Crippen molar-refractivity contribution in [3.05, 3.63) is 40.4 Å². The van der Waals surface area contributed by atoms with Gasteiger partial charge in [0.25, 0.3) is 0 Å². The molecule has 3 rings (SSSR count). The molecular formula is C15H14ClN3O2S. The highest BCUT2D eigenvalue weighted by Gasteiger charge is 2.24. The van der Waals surface area contributed by atoms with Gasteiger partial charge in [-0.2, -0.15) is 0 Å². The summed E-state index contributed by atoms with van der Waals surface area (Å²) in [6.07, 6.45) is 1.62. The second-order valence-electron chi connectivity index (χ2n) is 5.00. The van der Waals surface area contributed by atoms with Gasteiger partial charge < -0.3 is 5.32 Å². The van der Waals surface area contributed by atoms with E-state index < -0.39 is 0 Å². The molecule has 0 saturated carbocycles. The van der Waals surface area contributed by atoms with Gasteiger partial charge in [-0.15, -0.1) is 11.3 Å². The standard InChI is InChI=1S/C15H14ClN3O2S/c16-10-3-5-11(6-4-10)17-13(20)8-12-9-22-15(18-12)19-7-1-2-14(19)21/h3-6,9H,1-2,7-8H2,(H,17,20). The molecule has 5 nitrogen and oxygen atoms in total. The number of amides is 2. The van der Waals surface area contributed by atoms with Gasteiger partial charge in [0.05, 0.1) is 12.1 Å². The summed E-state index contributed by atoms with van der Waals surface area (Å²) in [5.74, 6) is -0.0431. The van der Waals surface area contributed by atoms with Gasteiger partial charge in [-0.25, -0.2) is 4.98 Å². The summed E-state index contributed by atoms with van der Waals surface area (Å²) in [6.45, 7) is 0.711. The molecular weight excluding hydrogens is 322 g/mol. The van der Waals surface area contributed by atoms with Gasteiger partial charge in [0.15, 0.2) is 5.13 Å². The third-order valence-corrected chi connectivity index (χ3v) is 4.48. The van der Waals surface area contributed by atoms with E-state index in [9.17, 15) is 9.59 Å². The average Bonchev–Trinajstić information content (AvgIpc) is 3.10. The first-order valence-electron chi connectivity index (χ1n) is 6.92. The van der Waals surface area contributed by atoms with Gasteiger partial charge in [-0.1, -0.05) is 11.6 Å². The summed E-state index contributed by atoms with van der Waals surface area (Å²) in [5, 5.41) is 5.91. The topological polar surface area (TPSA) is 62.3 Å². The number of nitrogens with one attached hydrogen (secondary N) is 1. The van der Waals surface area contributed by atoms with Crippen LogP contribution in [-0.2, 0) is 16.0 Å². The predicted molar refractivity (Wildman–Crippen MR) is 87.5 cm³/mol. The number of aromatic nitrogens is 1. The van der Waals surface area contributed by atoms with Crippen molar-refractivity contribution in [2.75, 3.05) is 16.8 Å². The number of hydrogen-bond acceptors (Lipinski definition) is 4. The number of benzene rings is 1. The minimum absolute atomic E-state index is 0.103. The molecule has 1 N–H and O–H groups in total. The Bertz CT molecular complexity index is 699. The van der Waals surface area contributed by atoms with E-state index in [1.165, 1.54) is 11.3 Å². The van der Waals surface area contributed by atoms with E-state index in [4.69, 9.17) is 11.6 Å². The van der Waals surface area contributed by atoms with Gasteiger partial charge in [0.2, 0.25) is 11.8 Å². The molecule has 114 valence electrons. The maximum absolute atomic E-state index is 12.0. The zero-order chi connectivity index (χ0) is 15.5. The molecule has 0 unspecified atom stereocenters. The first kappa shape index (κ1) is 15.0. The third-order valence-electron chi connectivity index (χ3n) is 3.31. The lowest BCUT2D eigenvalue weighted by Crippen LogP contribution is -2.23. The summed E-state index contributed by atoms with van der Waals surface area (Å²) in [6, 6.07) is 6.93. The summed E-state index contributed by atoms with van der Waals surface area (Å²) in [5.41, 5.74) is 1.37. The van der Waals surface area contributed by atoms with Crippen LogP contribution in [0.5, 0.6) is 0 Å². The number of hydrogen-bond donors (Lipinski definition) is 1. The molecule has 2 heterocycles. The Morgan fingerprint density at radius 1 is 1.36 bits per heavy atom. The third kappa shape index (κ3) is 3.45. The summed E-state index contributed by atoms with van der Waals surface area (Å²) < 4.78 is 0. The molecule has 1 saturated heterocycles. The molecule has 7 heteroatoms. The first-order valence-corrected chi connectivity index (χ1v) is 8.18. The van der Waals surface area contributed by atoms with E-state index in [1.807, 2.05) is 5.38 Å². The number of nitrogens with zero attached hydrogens (tertiary/aromatic N) is 2. The van der Waals surface area contributed by atoms with E-state index in [1.54, 1.807) is 29.2 Å². The fourth-order valence-electron chi connectivity index (χ4n) is 2.25. The summed E-state index contributed by atoms with van der Waals surface area (Å²) >= 11 is 7.20. The van der Waals surface area contributed by atoms with Gasteiger partial charge in [0, 0.05) is 29.1 Å². The van der Waals surface area contributed by atoms with E-state index in [0.717, 1.165) is 6.42 Å². The van der Waals surface area contributed by atoms with Crippen molar-refractivity contribution in [3.8, 4) is 0 Å². The van der Waals surface area contributed by atoms with Crippen molar-refractivity contribution in [3.63, 3.8) is 0 Å². The zero-order valence-electron chi connectivity index (χ0n) is 11.7. The van der Waals surface area contributed by atoms with Crippen molar-refractivity contribution in [1.82, 2.24) is 4.98 Å². The van der Waals surface area contributed by atoms with Crippen LogP contribution in [0.15, 0.2) is 29.6 Å². The van der Waals surface area contributed by atoms with E-state index in [0.29, 0.717) is 34.5 Å². The molecule has 2 amide bonds. The Hall–Kier alpha value is -1.92. The Morgan fingerprint density at radius 2 is 2.14 bits per heavy atom. The molecule has 1 aromatic carbocycles. The molecule has 0 radical (unpaired) electrons. The number of carbonyl (C=O) groups excluding carboxylic acids is 2. The SMILES string of the molecule is O=C(Cc1csc(N2CCCC2=O)n1)Nc1ccc(Cl)cc1. The van der Waals surface area contributed by atoms with Crippen LogP contribution in [0.3, 0.4) is 0 Å². The van der Waals surface area contributed by atoms with Crippen LogP contribution < -0.4 is 10.2 Å². The Balaban J connectivity index is 1.61. The smallest absolute Gasteiger partial charge is 0.230 e. The average molecular weight is 336 g/mol. The minimum Gasteiger partial charge on any atom is -0.326 e. The maximum atomic E-state index is 12.0. The van der Waals surface area contributed by atoms with E-state index in [-0.39, 0.29) is 18.2 Å². The fourth-order valence-corrected chi connectivity index (χ4v) is 3.25. The molecule has 0 atom stereocenters. The number of thiazole rings is 1. The second-order valence-corrected chi connectivity index (χ2v) is 6.28. The highest BCUT2D eigenvalue weighted by molar-refractivity contribution is 7.14. The summed E-state index contributed by atoms with van der Waals surface area (Å²) in [4.78, 5) is 29.7. The lowest BCUT2D eigenvalue weighted by Gasteiger charge is -2.10. The van der Waals surface area contributed by atoms with E-state index >= 15 is 0 Å². The highest BCUT2D eigenvalue weighted by Crippen LogP contribution is 2.25.